The van der Waals surface area contributed by atoms with Crippen LogP contribution in [-0.2, 0) is 6.42 Å². The molecule has 0 aromatic heterocycles. The van der Waals surface area contributed by atoms with Crippen molar-refractivity contribution in [2.45, 2.75) is 52.4 Å². The summed E-state index contributed by atoms with van der Waals surface area (Å²) in [6.07, 6.45) is 6.98. The Morgan fingerprint density at radius 1 is 1.10 bits per heavy atom. The summed E-state index contributed by atoms with van der Waals surface area (Å²) in [7, 11) is 0. The zero-order chi connectivity index (χ0) is 15.3. The Balaban J connectivity index is 2.05. The number of halogens is 2. The van der Waals surface area contributed by atoms with Crippen LogP contribution in [0.25, 0.3) is 0 Å². The standard InChI is InChI=1S/C18H27F2N/c1-14(2)12-21-13-18(8-4-3-5-9-18)11-15-6-7-16(19)17(20)10-15/h6-7,10,14,21H,3-5,8-9,11-13H2,1-2H3. The first-order chi connectivity index (χ1) is 10.0. The van der Waals surface area contributed by atoms with E-state index >= 15 is 0 Å². The minimum absolute atomic E-state index is 0.206. The van der Waals surface area contributed by atoms with Gasteiger partial charge in [-0.15, -0.1) is 0 Å². The molecule has 3 heteroatoms. The highest BCUT2D eigenvalue weighted by molar-refractivity contribution is 5.19. The molecule has 0 radical (unpaired) electrons. The van der Waals surface area contributed by atoms with Crippen molar-refractivity contribution in [2.24, 2.45) is 11.3 Å². The largest absolute Gasteiger partial charge is 0.316 e. The van der Waals surface area contributed by atoms with Gasteiger partial charge in [-0.2, -0.15) is 0 Å². The van der Waals surface area contributed by atoms with Crippen molar-refractivity contribution in [3.8, 4) is 0 Å². The van der Waals surface area contributed by atoms with Crippen LogP contribution in [0.1, 0.15) is 51.5 Å². The van der Waals surface area contributed by atoms with Gasteiger partial charge >= 0.3 is 0 Å². The van der Waals surface area contributed by atoms with E-state index in [1.54, 1.807) is 6.07 Å². The van der Waals surface area contributed by atoms with Gasteiger partial charge in [0.05, 0.1) is 0 Å². The Hall–Kier alpha value is -0.960. The molecule has 0 amide bonds. The molecule has 0 heterocycles. The molecule has 1 aliphatic rings. The summed E-state index contributed by atoms with van der Waals surface area (Å²) >= 11 is 0. The molecule has 21 heavy (non-hydrogen) atoms. The lowest BCUT2D eigenvalue weighted by molar-refractivity contribution is 0.179. The molecular weight excluding hydrogens is 268 g/mol. The predicted octanol–water partition coefficient (Wildman–Crippen LogP) is 4.70. The second kappa shape index (κ2) is 7.35. The lowest BCUT2D eigenvalue weighted by atomic mass is 9.70. The summed E-state index contributed by atoms with van der Waals surface area (Å²) in [6, 6.07) is 4.36. The first kappa shape index (κ1) is 16.4. The highest BCUT2D eigenvalue weighted by Crippen LogP contribution is 2.39. The maximum absolute atomic E-state index is 13.4. The van der Waals surface area contributed by atoms with Crippen molar-refractivity contribution < 1.29 is 8.78 Å². The molecule has 118 valence electrons. The Kier molecular flexibility index (Phi) is 5.74. The highest BCUT2D eigenvalue weighted by Gasteiger charge is 2.32. The monoisotopic (exact) mass is 295 g/mol. The molecule has 0 aliphatic heterocycles. The molecule has 1 N–H and O–H groups in total. The van der Waals surface area contributed by atoms with Crippen molar-refractivity contribution in [2.75, 3.05) is 13.1 Å². The molecule has 1 saturated carbocycles. The van der Waals surface area contributed by atoms with Gasteiger partial charge in [0.15, 0.2) is 11.6 Å². The van der Waals surface area contributed by atoms with Gasteiger partial charge in [-0.3, -0.25) is 0 Å². The molecule has 0 unspecified atom stereocenters. The second-order valence-corrected chi connectivity index (χ2v) is 7.01. The van der Waals surface area contributed by atoms with E-state index in [0.29, 0.717) is 5.92 Å². The topological polar surface area (TPSA) is 12.0 Å². The van der Waals surface area contributed by atoms with Crippen molar-refractivity contribution in [3.63, 3.8) is 0 Å². The third kappa shape index (κ3) is 4.77. The fraction of sp³-hybridized carbons (Fsp3) is 0.667. The third-order valence-electron chi connectivity index (χ3n) is 4.53. The number of hydrogen-bond acceptors (Lipinski definition) is 1. The number of hydrogen-bond donors (Lipinski definition) is 1. The smallest absolute Gasteiger partial charge is 0.159 e. The quantitative estimate of drug-likeness (QED) is 0.802. The summed E-state index contributed by atoms with van der Waals surface area (Å²) in [5, 5.41) is 3.57. The Labute approximate surface area is 127 Å². The van der Waals surface area contributed by atoms with E-state index in [9.17, 15) is 8.78 Å². The maximum Gasteiger partial charge on any atom is 0.159 e. The minimum Gasteiger partial charge on any atom is -0.316 e. The van der Waals surface area contributed by atoms with Crippen LogP contribution in [-0.4, -0.2) is 13.1 Å². The van der Waals surface area contributed by atoms with E-state index in [1.165, 1.54) is 44.2 Å². The molecule has 1 aliphatic carbocycles. The van der Waals surface area contributed by atoms with E-state index in [1.807, 2.05) is 0 Å². The molecule has 0 saturated heterocycles. The number of nitrogens with one attached hydrogen (secondary N) is 1. The lowest BCUT2D eigenvalue weighted by Crippen LogP contribution is -2.39. The summed E-state index contributed by atoms with van der Waals surface area (Å²) in [4.78, 5) is 0. The van der Waals surface area contributed by atoms with Gasteiger partial charge in [0.2, 0.25) is 0 Å². The Bertz CT molecular complexity index is 451. The summed E-state index contributed by atoms with van der Waals surface area (Å²) < 4.78 is 26.5. The molecule has 1 fully saturated rings. The van der Waals surface area contributed by atoms with E-state index in [2.05, 4.69) is 19.2 Å². The maximum atomic E-state index is 13.4. The van der Waals surface area contributed by atoms with Crippen molar-refractivity contribution in [1.82, 2.24) is 5.32 Å². The molecule has 0 bridgehead atoms. The summed E-state index contributed by atoms with van der Waals surface area (Å²) in [5.74, 6) is -0.850. The lowest BCUT2D eigenvalue weighted by Gasteiger charge is -2.38. The van der Waals surface area contributed by atoms with Crippen LogP contribution < -0.4 is 5.32 Å². The van der Waals surface area contributed by atoms with Crippen LogP contribution in [0, 0.1) is 23.0 Å². The zero-order valence-corrected chi connectivity index (χ0v) is 13.2. The van der Waals surface area contributed by atoms with Crippen LogP contribution in [0.2, 0.25) is 0 Å². The van der Waals surface area contributed by atoms with Gasteiger partial charge < -0.3 is 5.32 Å². The van der Waals surface area contributed by atoms with Crippen LogP contribution in [0.15, 0.2) is 18.2 Å². The van der Waals surface area contributed by atoms with Crippen LogP contribution in [0.5, 0.6) is 0 Å². The van der Waals surface area contributed by atoms with Crippen molar-refractivity contribution >= 4 is 0 Å². The number of benzene rings is 1. The molecule has 1 aromatic rings. The molecule has 1 aromatic carbocycles. The summed E-state index contributed by atoms with van der Waals surface area (Å²) in [5.41, 5.74) is 1.12. The van der Waals surface area contributed by atoms with E-state index in [0.717, 1.165) is 25.1 Å². The van der Waals surface area contributed by atoms with Crippen molar-refractivity contribution in [1.29, 1.82) is 0 Å². The SMILES string of the molecule is CC(C)CNCC1(Cc2ccc(F)c(F)c2)CCCCC1. The first-order valence-corrected chi connectivity index (χ1v) is 8.15. The van der Waals surface area contributed by atoms with Crippen LogP contribution in [0.3, 0.4) is 0 Å². The normalized spacial score (nSPS) is 18.1. The van der Waals surface area contributed by atoms with Crippen LogP contribution in [0.4, 0.5) is 8.78 Å². The Morgan fingerprint density at radius 2 is 1.81 bits per heavy atom. The predicted molar refractivity (Wildman–Crippen MR) is 83.3 cm³/mol. The number of rotatable bonds is 6. The van der Waals surface area contributed by atoms with E-state index in [4.69, 9.17) is 0 Å². The minimum atomic E-state index is -0.755. The van der Waals surface area contributed by atoms with Gasteiger partial charge in [0, 0.05) is 6.54 Å². The molecule has 2 rings (SSSR count). The fourth-order valence-corrected chi connectivity index (χ4v) is 3.43. The van der Waals surface area contributed by atoms with Gasteiger partial charge in [0.1, 0.15) is 0 Å². The second-order valence-electron chi connectivity index (χ2n) is 7.01. The average Bonchev–Trinajstić information content (AvgIpc) is 2.43. The van der Waals surface area contributed by atoms with Gasteiger partial charge in [0.25, 0.3) is 0 Å². The molecule has 0 spiro atoms. The fourth-order valence-electron chi connectivity index (χ4n) is 3.43. The van der Waals surface area contributed by atoms with Crippen molar-refractivity contribution in [3.05, 3.63) is 35.4 Å². The molecular formula is C18H27F2N. The zero-order valence-electron chi connectivity index (χ0n) is 13.2. The first-order valence-electron chi connectivity index (χ1n) is 8.15. The molecule has 0 atom stereocenters. The van der Waals surface area contributed by atoms with E-state index in [-0.39, 0.29) is 5.41 Å². The summed E-state index contributed by atoms with van der Waals surface area (Å²) in [6.45, 7) is 6.40. The molecule has 1 nitrogen and oxygen atoms in total. The Morgan fingerprint density at radius 3 is 2.43 bits per heavy atom. The van der Waals surface area contributed by atoms with Gasteiger partial charge in [-0.05, 0) is 54.8 Å². The average molecular weight is 295 g/mol. The van der Waals surface area contributed by atoms with E-state index < -0.39 is 11.6 Å². The van der Waals surface area contributed by atoms with Crippen LogP contribution >= 0.6 is 0 Å². The van der Waals surface area contributed by atoms with Gasteiger partial charge in [-0.25, -0.2) is 8.78 Å². The third-order valence-corrected chi connectivity index (χ3v) is 4.53. The van der Waals surface area contributed by atoms with Gasteiger partial charge in [-0.1, -0.05) is 39.2 Å². The highest BCUT2D eigenvalue weighted by atomic mass is 19.2.